The van der Waals surface area contributed by atoms with Crippen molar-refractivity contribution >= 4 is 27.3 Å². The minimum absolute atomic E-state index is 0.152. The lowest BCUT2D eigenvalue weighted by atomic mass is 9.95. The van der Waals surface area contributed by atoms with Crippen LogP contribution >= 0.6 is 11.3 Å². The number of carbonyl (C=O) groups excluding carboxylic acids is 1. The molecular weight excluding hydrogens is 432 g/mol. The number of aromatic nitrogens is 3. The van der Waals surface area contributed by atoms with Crippen molar-refractivity contribution in [3.8, 4) is 11.3 Å². The Labute approximate surface area is 200 Å². The summed E-state index contributed by atoms with van der Waals surface area (Å²) < 4.78 is 1.90. The van der Waals surface area contributed by atoms with E-state index >= 15 is 0 Å². The molecule has 1 aromatic carbocycles. The number of piperazine rings is 1. The number of hydrogen-bond donors (Lipinski definition) is 0. The quantitative estimate of drug-likeness (QED) is 0.570. The van der Waals surface area contributed by atoms with Crippen LogP contribution in [0.1, 0.15) is 45.1 Å². The van der Waals surface area contributed by atoms with Gasteiger partial charge in [0.05, 0.1) is 11.9 Å². The summed E-state index contributed by atoms with van der Waals surface area (Å²) in [7, 11) is 0. The molecule has 176 valence electrons. The molecule has 2 aromatic heterocycles. The maximum absolute atomic E-state index is 13.0. The van der Waals surface area contributed by atoms with E-state index in [4.69, 9.17) is 10.1 Å². The van der Waals surface area contributed by atoms with Crippen molar-refractivity contribution in [1.82, 2.24) is 24.4 Å². The molecule has 2 aliphatic rings. The van der Waals surface area contributed by atoms with Crippen molar-refractivity contribution in [2.75, 3.05) is 50.7 Å². The largest absolute Gasteiger partial charge is 0.347 e. The van der Waals surface area contributed by atoms with Gasteiger partial charge in [-0.15, -0.1) is 5.10 Å². The van der Waals surface area contributed by atoms with Crippen molar-refractivity contribution in [2.45, 2.75) is 39.5 Å². The third kappa shape index (κ3) is 4.64. The molecule has 0 atom stereocenters. The second-order valence-electron chi connectivity index (χ2n) is 9.54. The molecule has 5 rings (SSSR count). The van der Waals surface area contributed by atoms with Crippen LogP contribution in [-0.2, 0) is 4.79 Å². The number of benzene rings is 1. The Kier molecular flexibility index (Phi) is 6.38. The first-order valence-electron chi connectivity index (χ1n) is 12.2. The van der Waals surface area contributed by atoms with Crippen LogP contribution in [0.3, 0.4) is 0 Å². The number of amides is 1. The van der Waals surface area contributed by atoms with E-state index in [-0.39, 0.29) is 5.92 Å². The minimum Gasteiger partial charge on any atom is -0.347 e. The maximum Gasteiger partial charge on any atom is 0.225 e. The molecule has 0 bridgehead atoms. The highest BCUT2D eigenvalue weighted by molar-refractivity contribution is 7.20. The minimum atomic E-state index is 0.152. The first-order valence-corrected chi connectivity index (χ1v) is 13.1. The molecule has 4 heterocycles. The fourth-order valence-corrected chi connectivity index (χ4v) is 5.79. The molecule has 8 heteroatoms. The summed E-state index contributed by atoms with van der Waals surface area (Å²) in [4.78, 5) is 25.5. The number of rotatable bonds is 5. The van der Waals surface area contributed by atoms with Crippen LogP contribution in [0.15, 0.2) is 30.5 Å². The molecule has 3 aromatic rings. The van der Waals surface area contributed by atoms with Gasteiger partial charge in [0, 0.05) is 50.7 Å². The van der Waals surface area contributed by atoms with Crippen molar-refractivity contribution in [3.63, 3.8) is 0 Å². The highest BCUT2D eigenvalue weighted by Crippen LogP contribution is 2.30. The fraction of sp³-hybridized carbons (Fsp3) is 0.560. The number of likely N-dealkylation sites (N-methyl/N-ethyl adjacent to an activating group) is 1. The Hall–Kier alpha value is -2.45. The molecule has 2 fully saturated rings. The van der Waals surface area contributed by atoms with Gasteiger partial charge in [-0.05, 0) is 30.9 Å². The van der Waals surface area contributed by atoms with Crippen LogP contribution in [0.25, 0.3) is 16.2 Å². The van der Waals surface area contributed by atoms with E-state index in [1.165, 1.54) is 5.56 Å². The van der Waals surface area contributed by atoms with Crippen LogP contribution < -0.4 is 4.90 Å². The number of carbonyl (C=O) groups is 1. The standard InChI is InChI=1S/C25H34N6OS/c1-4-28-13-15-29(16-14-28)23(32)21-9-11-30(12-10-21)25-27-31-17-22(26-24(31)33-25)20-7-5-19(6-8-20)18(2)3/h5-8,17-18,21H,4,9-16H2,1-3H3. The summed E-state index contributed by atoms with van der Waals surface area (Å²) in [5.41, 5.74) is 3.42. The van der Waals surface area contributed by atoms with Crippen LogP contribution in [0, 0.1) is 5.92 Å². The van der Waals surface area contributed by atoms with Crippen LogP contribution in [0.4, 0.5) is 5.13 Å². The second kappa shape index (κ2) is 9.43. The van der Waals surface area contributed by atoms with Crippen molar-refractivity contribution < 1.29 is 4.79 Å². The molecule has 0 radical (unpaired) electrons. The lowest BCUT2D eigenvalue weighted by molar-refractivity contribution is -0.137. The summed E-state index contributed by atoms with van der Waals surface area (Å²) in [5.74, 6) is 1.03. The van der Waals surface area contributed by atoms with Gasteiger partial charge in [-0.3, -0.25) is 4.79 Å². The Bertz CT molecular complexity index is 1060. The Morgan fingerprint density at radius 2 is 1.76 bits per heavy atom. The first-order chi connectivity index (χ1) is 16.0. The molecule has 2 aliphatic heterocycles. The predicted molar refractivity (Wildman–Crippen MR) is 134 cm³/mol. The number of piperidine rings is 1. The van der Waals surface area contributed by atoms with Crippen LogP contribution in [-0.4, -0.2) is 76.1 Å². The van der Waals surface area contributed by atoms with Crippen molar-refractivity contribution in [1.29, 1.82) is 0 Å². The van der Waals surface area contributed by atoms with Crippen LogP contribution in [0.5, 0.6) is 0 Å². The molecule has 1 amide bonds. The van der Waals surface area contributed by atoms with Crippen molar-refractivity contribution in [2.24, 2.45) is 5.92 Å². The summed E-state index contributed by atoms with van der Waals surface area (Å²) >= 11 is 1.63. The number of fused-ring (bicyclic) bond motifs is 1. The highest BCUT2D eigenvalue weighted by atomic mass is 32.1. The van der Waals surface area contributed by atoms with E-state index in [0.29, 0.717) is 11.8 Å². The fourth-order valence-electron chi connectivity index (χ4n) is 4.86. The number of hydrogen-bond acceptors (Lipinski definition) is 6. The molecule has 2 saturated heterocycles. The zero-order chi connectivity index (χ0) is 22.9. The van der Waals surface area contributed by atoms with Gasteiger partial charge in [0.15, 0.2) is 0 Å². The molecule has 33 heavy (non-hydrogen) atoms. The highest BCUT2D eigenvalue weighted by Gasteiger charge is 2.31. The molecule has 0 spiro atoms. The van der Waals surface area contributed by atoms with Gasteiger partial charge >= 0.3 is 0 Å². The average molecular weight is 467 g/mol. The number of anilines is 1. The van der Waals surface area contributed by atoms with E-state index in [1.807, 2.05) is 10.7 Å². The third-order valence-corrected chi connectivity index (χ3v) is 8.13. The molecule has 7 nitrogen and oxygen atoms in total. The van der Waals surface area contributed by atoms with Gasteiger partial charge in [-0.1, -0.05) is 56.4 Å². The van der Waals surface area contributed by atoms with E-state index in [0.717, 1.165) is 80.0 Å². The monoisotopic (exact) mass is 466 g/mol. The van der Waals surface area contributed by atoms with E-state index in [1.54, 1.807) is 11.3 Å². The van der Waals surface area contributed by atoms with Gasteiger partial charge in [0.1, 0.15) is 0 Å². The second-order valence-corrected chi connectivity index (χ2v) is 10.5. The molecule has 0 saturated carbocycles. The summed E-state index contributed by atoms with van der Waals surface area (Å²) in [6.07, 6.45) is 3.83. The van der Waals surface area contributed by atoms with E-state index in [2.05, 4.69) is 59.7 Å². The zero-order valence-electron chi connectivity index (χ0n) is 19.9. The van der Waals surface area contributed by atoms with Crippen molar-refractivity contribution in [3.05, 3.63) is 36.0 Å². The van der Waals surface area contributed by atoms with Crippen LogP contribution in [0.2, 0.25) is 0 Å². The molecule has 0 N–H and O–H groups in total. The zero-order valence-corrected chi connectivity index (χ0v) is 20.7. The first kappa shape index (κ1) is 22.3. The number of nitrogens with zero attached hydrogens (tertiary/aromatic N) is 6. The summed E-state index contributed by atoms with van der Waals surface area (Å²) in [5, 5.41) is 5.81. The van der Waals surface area contributed by atoms with Gasteiger partial charge in [0.2, 0.25) is 16.0 Å². The molecule has 0 aliphatic carbocycles. The van der Waals surface area contributed by atoms with Gasteiger partial charge in [-0.2, -0.15) is 0 Å². The molecular formula is C25H34N6OS. The Morgan fingerprint density at radius 3 is 2.36 bits per heavy atom. The smallest absolute Gasteiger partial charge is 0.225 e. The van der Waals surface area contributed by atoms with E-state index in [9.17, 15) is 4.79 Å². The summed E-state index contributed by atoms with van der Waals surface area (Å²) in [6, 6.07) is 8.65. The number of imidazole rings is 1. The van der Waals surface area contributed by atoms with Gasteiger partial charge in [0.25, 0.3) is 0 Å². The third-order valence-electron chi connectivity index (χ3n) is 7.15. The average Bonchev–Trinajstić information content (AvgIpc) is 3.43. The Balaban J connectivity index is 1.19. The SMILES string of the molecule is CCN1CCN(C(=O)C2CCN(c3nn4cc(-c5ccc(C(C)C)cc5)nc4s3)CC2)CC1. The van der Waals surface area contributed by atoms with Gasteiger partial charge < -0.3 is 14.7 Å². The normalized spacial score (nSPS) is 18.5. The topological polar surface area (TPSA) is 57.0 Å². The molecule has 0 unspecified atom stereocenters. The lowest BCUT2D eigenvalue weighted by Crippen LogP contribution is -2.51. The summed E-state index contributed by atoms with van der Waals surface area (Å²) in [6.45, 7) is 13.2. The lowest BCUT2D eigenvalue weighted by Gasteiger charge is -2.38. The van der Waals surface area contributed by atoms with E-state index < -0.39 is 0 Å². The Morgan fingerprint density at radius 1 is 1.06 bits per heavy atom. The predicted octanol–water partition coefficient (Wildman–Crippen LogP) is 3.96. The maximum atomic E-state index is 13.0. The van der Waals surface area contributed by atoms with Gasteiger partial charge in [-0.25, -0.2) is 9.50 Å².